The molecule has 6 rings (SSSR count). The molecule has 3 saturated carbocycles. The number of nitrogens with zero attached hydrogens (tertiary/aromatic N) is 4. The zero-order chi connectivity index (χ0) is 29.2. The first-order valence-electron chi connectivity index (χ1n) is 13.4. The van der Waals surface area contributed by atoms with E-state index in [4.69, 9.17) is 29.4 Å². The minimum Gasteiger partial charge on any atom is -0.497 e. The van der Waals surface area contributed by atoms with E-state index >= 15 is 0 Å². The van der Waals surface area contributed by atoms with E-state index in [1.165, 1.54) is 6.08 Å². The van der Waals surface area contributed by atoms with Gasteiger partial charge in [-0.25, -0.2) is 0 Å². The SMILES string of the molecule is CNc1c(NCc2ccc(OC)cc2OC)nc(NC23CC(C#N)(C2)C3)nc1Oc1c(C)cc(/C=C/C#N)cc1C. The molecule has 3 fully saturated rings. The van der Waals surface area contributed by atoms with E-state index in [2.05, 4.69) is 22.0 Å². The van der Waals surface area contributed by atoms with Crippen molar-refractivity contribution < 1.29 is 14.2 Å². The molecule has 0 aliphatic heterocycles. The highest BCUT2D eigenvalue weighted by molar-refractivity contribution is 5.73. The lowest BCUT2D eigenvalue weighted by Crippen LogP contribution is -2.70. The van der Waals surface area contributed by atoms with Gasteiger partial charge in [0.1, 0.15) is 22.9 Å². The Morgan fingerprint density at radius 3 is 2.37 bits per heavy atom. The lowest BCUT2D eigenvalue weighted by Gasteiger charge is -2.66. The quantitative estimate of drug-likeness (QED) is 0.245. The van der Waals surface area contributed by atoms with Crippen molar-refractivity contribution in [3.8, 4) is 35.3 Å². The van der Waals surface area contributed by atoms with Gasteiger partial charge in [-0.2, -0.15) is 20.5 Å². The highest BCUT2D eigenvalue weighted by Crippen LogP contribution is 2.67. The minimum absolute atomic E-state index is 0.162. The molecular formula is C31H33N7O3. The Labute approximate surface area is 240 Å². The van der Waals surface area contributed by atoms with E-state index in [9.17, 15) is 5.26 Å². The van der Waals surface area contributed by atoms with Crippen molar-refractivity contribution >= 4 is 23.5 Å². The monoisotopic (exact) mass is 551 g/mol. The minimum atomic E-state index is -0.209. The average molecular weight is 552 g/mol. The first-order valence-corrected chi connectivity index (χ1v) is 13.4. The molecular weight excluding hydrogens is 518 g/mol. The fourth-order valence-electron chi connectivity index (χ4n) is 5.85. The highest BCUT2D eigenvalue weighted by Gasteiger charge is 2.69. The summed E-state index contributed by atoms with van der Waals surface area (Å²) in [5, 5.41) is 28.5. The topological polar surface area (TPSA) is 137 Å². The summed E-state index contributed by atoms with van der Waals surface area (Å²) < 4.78 is 17.4. The van der Waals surface area contributed by atoms with Crippen molar-refractivity contribution in [3.63, 3.8) is 0 Å². The summed E-state index contributed by atoms with van der Waals surface area (Å²) in [5.41, 5.74) is 3.88. The molecule has 0 atom stereocenters. The van der Waals surface area contributed by atoms with E-state index in [0.717, 1.165) is 41.5 Å². The maximum Gasteiger partial charge on any atom is 0.250 e. The summed E-state index contributed by atoms with van der Waals surface area (Å²) in [4.78, 5) is 9.60. The number of aromatic nitrogens is 2. The number of benzene rings is 2. The second-order valence-corrected chi connectivity index (χ2v) is 10.7. The van der Waals surface area contributed by atoms with Gasteiger partial charge in [0.25, 0.3) is 0 Å². The van der Waals surface area contributed by atoms with Crippen LogP contribution in [0.25, 0.3) is 6.08 Å². The molecule has 3 aromatic rings. The standard InChI is InChI=1S/C31H33N7O3/c1-19-11-21(7-6-10-32)12-20(2)26(19)41-28-25(34-3)27(35-14-22-8-9-23(39-4)13-24(22)40-5)36-29(37-28)38-31-15-30(16-31,17-31)18-33/h6-9,11-13,34H,14-17H2,1-5H3,(H2,35,36,37,38)/b7-6+. The third kappa shape index (κ3) is 5.29. The van der Waals surface area contributed by atoms with Gasteiger partial charge >= 0.3 is 0 Å². The summed E-state index contributed by atoms with van der Waals surface area (Å²) in [6.45, 7) is 4.35. The van der Waals surface area contributed by atoms with Crippen molar-refractivity contribution in [1.82, 2.24) is 9.97 Å². The van der Waals surface area contributed by atoms with Gasteiger partial charge < -0.3 is 30.2 Å². The Kier molecular flexibility index (Phi) is 7.34. The lowest BCUT2D eigenvalue weighted by atomic mass is 9.40. The second-order valence-electron chi connectivity index (χ2n) is 10.7. The average Bonchev–Trinajstić information content (AvgIpc) is 2.93. The normalized spacial score (nSPS) is 20.2. The van der Waals surface area contributed by atoms with Gasteiger partial charge in [-0.1, -0.05) is 0 Å². The number of anilines is 3. The molecule has 2 bridgehead atoms. The van der Waals surface area contributed by atoms with Crippen LogP contribution in [0.2, 0.25) is 0 Å². The summed E-state index contributed by atoms with van der Waals surface area (Å²) in [6, 6.07) is 14.1. The lowest BCUT2D eigenvalue weighted by molar-refractivity contribution is -0.0665. The maximum absolute atomic E-state index is 9.47. The molecule has 1 heterocycles. The van der Waals surface area contributed by atoms with Crippen molar-refractivity contribution in [2.45, 2.75) is 45.2 Å². The summed E-state index contributed by atoms with van der Waals surface area (Å²) in [5.74, 6) is 3.43. The number of allylic oxidation sites excluding steroid dienone is 1. The number of nitriles is 2. The molecule has 3 aliphatic rings. The molecule has 0 spiro atoms. The number of aryl methyl sites for hydroxylation is 2. The molecule has 3 aliphatic carbocycles. The first kappa shape index (κ1) is 27.6. The Bertz CT molecular complexity index is 1560. The molecule has 0 saturated heterocycles. The zero-order valence-corrected chi connectivity index (χ0v) is 23.9. The van der Waals surface area contributed by atoms with Crippen LogP contribution in [0.1, 0.15) is 41.5 Å². The first-order chi connectivity index (χ1) is 19.8. The van der Waals surface area contributed by atoms with Crippen LogP contribution in [-0.2, 0) is 6.54 Å². The Balaban J connectivity index is 1.49. The maximum atomic E-state index is 9.47. The second kappa shape index (κ2) is 10.9. The van der Waals surface area contributed by atoms with Gasteiger partial charge in [0.15, 0.2) is 5.82 Å². The number of nitrogens with one attached hydrogen (secondary N) is 3. The molecule has 0 unspecified atom stereocenters. The van der Waals surface area contributed by atoms with E-state index in [-0.39, 0.29) is 11.0 Å². The molecule has 210 valence electrons. The van der Waals surface area contributed by atoms with Crippen molar-refractivity contribution in [2.24, 2.45) is 5.41 Å². The molecule has 1 aromatic heterocycles. The largest absolute Gasteiger partial charge is 0.497 e. The summed E-state index contributed by atoms with van der Waals surface area (Å²) in [7, 11) is 5.04. The number of ether oxygens (including phenoxy) is 3. The van der Waals surface area contributed by atoms with Crippen LogP contribution in [0.15, 0.2) is 36.4 Å². The van der Waals surface area contributed by atoms with E-state index in [1.807, 2.05) is 50.2 Å². The van der Waals surface area contributed by atoms with E-state index in [1.54, 1.807) is 27.3 Å². The van der Waals surface area contributed by atoms with Crippen LogP contribution in [0.3, 0.4) is 0 Å². The van der Waals surface area contributed by atoms with Crippen molar-refractivity contribution in [3.05, 3.63) is 58.7 Å². The fraction of sp³-hybridized carbons (Fsp3) is 0.355. The van der Waals surface area contributed by atoms with Crippen LogP contribution >= 0.6 is 0 Å². The summed E-state index contributed by atoms with van der Waals surface area (Å²) >= 11 is 0. The third-order valence-corrected chi connectivity index (χ3v) is 7.74. The molecule has 3 N–H and O–H groups in total. The third-order valence-electron chi connectivity index (χ3n) is 7.74. The molecule has 2 aromatic carbocycles. The van der Waals surface area contributed by atoms with Crippen LogP contribution in [-0.4, -0.2) is 36.8 Å². The van der Waals surface area contributed by atoms with Gasteiger partial charge in [0.05, 0.1) is 31.8 Å². The Morgan fingerprint density at radius 2 is 1.76 bits per heavy atom. The Hall–Kier alpha value is -4.96. The predicted molar refractivity (Wildman–Crippen MR) is 157 cm³/mol. The predicted octanol–water partition coefficient (Wildman–Crippen LogP) is 5.95. The van der Waals surface area contributed by atoms with Gasteiger partial charge in [0, 0.05) is 36.8 Å². The van der Waals surface area contributed by atoms with Crippen LogP contribution in [0.5, 0.6) is 23.1 Å². The van der Waals surface area contributed by atoms with Crippen LogP contribution in [0.4, 0.5) is 17.5 Å². The van der Waals surface area contributed by atoms with Crippen molar-refractivity contribution in [2.75, 3.05) is 37.2 Å². The van der Waals surface area contributed by atoms with E-state index < -0.39 is 0 Å². The molecule has 0 amide bonds. The number of methoxy groups -OCH3 is 2. The molecule has 10 heteroatoms. The van der Waals surface area contributed by atoms with Gasteiger partial charge in [-0.05, 0) is 80.1 Å². The van der Waals surface area contributed by atoms with Gasteiger partial charge in [-0.15, -0.1) is 0 Å². The number of hydrogen-bond acceptors (Lipinski definition) is 10. The highest BCUT2D eigenvalue weighted by atomic mass is 16.5. The molecule has 10 nitrogen and oxygen atoms in total. The smallest absolute Gasteiger partial charge is 0.250 e. The number of hydrogen-bond donors (Lipinski definition) is 3. The van der Waals surface area contributed by atoms with Gasteiger partial charge in [0.2, 0.25) is 11.8 Å². The zero-order valence-electron chi connectivity index (χ0n) is 23.9. The molecule has 0 radical (unpaired) electrons. The van der Waals surface area contributed by atoms with Crippen LogP contribution in [0, 0.1) is 41.9 Å². The Morgan fingerprint density at radius 1 is 1.02 bits per heavy atom. The fourth-order valence-corrected chi connectivity index (χ4v) is 5.85. The van der Waals surface area contributed by atoms with Crippen molar-refractivity contribution in [1.29, 1.82) is 10.5 Å². The summed E-state index contributed by atoms with van der Waals surface area (Å²) in [6.07, 6.45) is 5.57. The van der Waals surface area contributed by atoms with Gasteiger partial charge in [-0.3, -0.25) is 0 Å². The molecule has 41 heavy (non-hydrogen) atoms. The van der Waals surface area contributed by atoms with Crippen LogP contribution < -0.4 is 30.2 Å². The van der Waals surface area contributed by atoms with E-state index in [0.29, 0.717) is 47.1 Å². The number of rotatable bonds is 11.